The molecular weight excluding hydrogens is 278 g/mol. The minimum Gasteiger partial charge on any atom is -0.478 e. The number of nitrogens with one attached hydrogen (secondary N) is 1. The summed E-state index contributed by atoms with van der Waals surface area (Å²) in [4.78, 5) is 22.8. The largest absolute Gasteiger partial charge is 0.478 e. The third-order valence-electron chi connectivity index (χ3n) is 2.23. The number of carboxylic acids is 1. The van der Waals surface area contributed by atoms with Crippen LogP contribution in [0.25, 0.3) is 0 Å². The summed E-state index contributed by atoms with van der Waals surface area (Å²) < 4.78 is 1.29. The van der Waals surface area contributed by atoms with Gasteiger partial charge in [0.05, 0.1) is 10.6 Å². The second kappa shape index (κ2) is 4.87. The Morgan fingerprint density at radius 3 is 2.83 bits per heavy atom. The first-order chi connectivity index (χ1) is 8.50. The van der Waals surface area contributed by atoms with E-state index in [1.165, 1.54) is 10.6 Å². The van der Waals surface area contributed by atoms with Gasteiger partial charge in [-0.05, 0) is 23.9 Å². The maximum atomic E-state index is 11.2. The van der Waals surface area contributed by atoms with Gasteiger partial charge in [0.2, 0.25) is 0 Å². The highest BCUT2D eigenvalue weighted by Crippen LogP contribution is 2.32. The summed E-state index contributed by atoms with van der Waals surface area (Å²) >= 11 is 6.90. The number of halogens is 1. The quantitative estimate of drug-likeness (QED) is 0.894. The number of hydrogen-bond acceptors (Lipinski definition) is 4. The lowest BCUT2D eigenvalue weighted by molar-refractivity contribution is 0.0693. The first kappa shape index (κ1) is 12.7. The maximum absolute atomic E-state index is 11.2. The second-order valence-electron chi connectivity index (χ2n) is 3.39. The number of aromatic nitrogens is 3. The molecule has 2 N–H and O–H groups in total. The van der Waals surface area contributed by atoms with Gasteiger partial charge in [0.15, 0.2) is 5.16 Å². The fourth-order valence-electron chi connectivity index (χ4n) is 1.32. The van der Waals surface area contributed by atoms with Gasteiger partial charge in [-0.2, -0.15) is 0 Å². The Balaban J connectivity index is 2.47. The molecule has 18 heavy (non-hydrogen) atoms. The van der Waals surface area contributed by atoms with Crippen LogP contribution in [0.1, 0.15) is 10.4 Å². The fraction of sp³-hybridized carbons (Fsp3) is 0.100. The molecule has 1 heterocycles. The predicted molar refractivity (Wildman–Crippen MR) is 66.4 cm³/mol. The molecule has 2 rings (SSSR count). The standard InChI is InChI=1S/C10H8ClN3O3S/c1-14-9(17)12-13-10(14)18-6-4-2-3-5(11)7(6)8(15)16/h2-4H,1H3,(H,12,17)(H,15,16). The van der Waals surface area contributed by atoms with Crippen molar-refractivity contribution in [3.05, 3.63) is 39.3 Å². The van der Waals surface area contributed by atoms with Crippen LogP contribution in [0, 0.1) is 0 Å². The van der Waals surface area contributed by atoms with Gasteiger partial charge in [-0.15, -0.1) is 5.10 Å². The zero-order valence-corrected chi connectivity index (χ0v) is 10.7. The van der Waals surface area contributed by atoms with Gasteiger partial charge in [-0.1, -0.05) is 17.7 Å². The molecular formula is C10H8ClN3O3S. The number of carbonyl (C=O) groups is 1. The van der Waals surface area contributed by atoms with Gasteiger partial charge in [0, 0.05) is 11.9 Å². The van der Waals surface area contributed by atoms with Crippen molar-refractivity contribution in [2.75, 3.05) is 0 Å². The van der Waals surface area contributed by atoms with Crippen molar-refractivity contribution >= 4 is 29.3 Å². The van der Waals surface area contributed by atoms with Crippen LogP contribution in [-0.2, 0) is 7.05 Å². The number of nitrogens with zero attached hydrogens (tertiary/aromatic N) is 2. The van der Waals surface area contributed by atoms with E-state index in [0.717, 1.165) is 11.8 Å². The van der Waals surface area contributed by atoms with Crippen molar-refractivity contribution in [1.82, 2.24) is 14.8 Å². The predicted octanol–water partition coefficient (Wildman–Crippen LogP) is 1.61. The molecule has 2 aromatic rings. The summed E-state index contributed by atoms with van der Waals surface area (Å²) in [5.41, 5.74) is -0.365. The third-order valence-corrected chi connectivity index (χ3v) is 3.65. The Bertz CT molecular complexity index is 665. The topological polar surface area (TPSA) is 88.0 Å². The van der Waals surface area contributed by atoms with Crippen molar-refractivity contribution in [2.24, 2.45) is 7.05 Å². The Kier molecular flexibility index (Phi) is 3.44. The average molecular weight is 286 g/mol. The Morgan fingerprint density at radius 1 is 1.56 bits per heavy atom. The van der Waals surface area contributed by atoms with Crippen LogP contribution in [0.3, 0.4) is 0 Å². The molecule has 0 aliphatic rings. The van der Waals surface area contributed by atoms with Crippen LogP contribution in [0.4, 0.5) is 0 Å². The summed E-state index contributed by atoms with van der Waals surface area (Å²) in [6.45, 7) is 0. The van der Waals surface area contributed by atoms with E-state index in [1.54, 1.807) is 19.2 Å². The van der Waals surface area contributed by atoms with Crippen molar-refractivity contribution in [1.29, 1.82) is 0 Å². The van der Waals surface area contributed by atoms with E-state index in [9.17, 15) is 9.59 Å². The summed E-state index contributed by atoms with van der Waals surface area (Å²) in [6.07, 6.45) is 0. The lowest BCUT2D eigenvalue weighted by Gasteiger charge is -2.06. The molecule has 6 nitrogen and oxygen atoms in total. The molecule has 0 bridgehead atoms. The van der Waals surface area contributed by atoms with E-state index in [-0.39, 0.29) is 16.3 Å². The molecule has 0 aliphatic heterocycles. The highest BCUT2D eigenvalue weighted by molar-refractivity contribution is 7.99. The monoisotopic (exact) mass is 285 g/mol. The highest BCUT2D eigenvalue weighted by Gasteiger charge is 2.17. The second-order valence-corrected chi connectivity index (χ2v) is 4.81. The molecule has 8 heteroatoms. The molecule has 0 saturated heterocycles. The maximum Gasteiger partial charge on any atom is 0.343 e. The Hall–Kier alpha value is -1.73. The van der Waals surface area contributed by atoms with E-state index >= 15 is 0 Å². The number of carboxylic acid groups (broad SMARTS) is 1. The number of hydrogen-bond donors (Lipinski definition) is 2. The third kappa shape index (κ3) is 2.27. The summed E-state index contributed by atoms with van der Waals surface area (Å²) in [5.74, 6) is -1.12. The summed E-state index contributed by atoms with van der Waals surface area (Å²) in [6, 6.07) is 4.75. The summed E-state index contributed by atoms with van der Waals surface area (Å²) in [7, 11) is 1.54. The van der Waals surface area contributed by atoms with Crippen LogP contribution in [0.15, 0.2) is 33.0 Å². The molecule has 1 aromatic carbocycles. The van der Waals surface area contributed by atoms with Crippen molar-refractivity contribution in [3.8, 4) is 0 Å². The Morgan fingerprint density at radius 2 is 2.28 bits per heavy atom. The minimum absolute atomic E-state index is 0.000356. The molecule has 0 amide bonds. The lowest BCUT2D eigenvalue weighted by Crippen LogP contribution is -2.13. The molecule has 0 aliphatic carbocycles. The zero-order chi connectivity index (χ0) is 13.3. The highest BCUT2D eigenvalue weighted by atomic mass is 35.5. The van der Waals surface area contributed by atoms with Crippen LogP contribution in [0.5, 0.6) is 0 Å². The minimum atomic E-state index is -1.12. The first-order valence-corrected chi connectivity index (χ1v) is 6.01. The number of aromatic carboxylic acids is 1. The number of aromatic amines is 1. The van der Waals surface area contributed by atoms with Gasteiger partial charge in [-0.3, -0.25) is 4.57 Å². The SMILES string of the molecule is Cn1c(Sc2cccc(Cl)c2C(=O)O)n[nH]c1=O. The van der Waals surface area contributed by atoms with Crippen LogP contribution in [0.2, 0.25) is 5.02 Å². The molecule has 94 valence electrons. The lowest BCUT2D eigenvalue weighted by atomic mass is 10.2. The summed E-state index contributed by atoms with van der Waals surface area (Å²) in [5, 5.41) is 15.7. The van der Waals surface area contributed by atoms with Crippen molar-refractivity contribution in [2.45, 2.75) is 10.1 Å². The van der Waals surface area contributed by atoms with E-state index in [1.807, 2.05) is 0 Å². The number of rotatable bonds is 3. The number of H-pyrrole nitrogens is 1. The Labute approximate surface area is 111 Å². The zero-order valence-electron chi connectivity index (χ0n) is 9.18. The molecule has 0 unspecified atom stereocenters. The molecule has 0 saturated carbocycles. The molecule has 0 radical (unpaired) electrons. The normalized spacial score (nSPS) is 10.6. The van der Waals surface area contributed by atoms with Gasteiger partial charge in [-0.25, -0.2) is 14.7 Å². The van der Waals surface area contributed by atoms with Crippen LogP contribution < -0.4 is 5.69 Å². The fourth-order valence-corrected chi connectivity index (χ4v) is 2.58. The van der Waals surface area contributed by atoms with Crippen LogP contribution in [-0.4, -0.2) is 25.8 Å². The first-order valence-electron chi connectivity index (χ1n) is 4.81. The molecule has 0 spiro atoms. The van der Waals surface area contributed by atoms with Gasteiger partial charge < -0.3 is 5.11 Å². The van der Waals surface area contributed by atoms with Gasteiger partial charge in [0.25, 0.3) is 0 Å². The van der Waals surface area contributed by atoms with Gasteiger partial charge >= 0.3 is 11.7 Å². The smallest absolute Gasteiger partial charge is 0.343 e. The van der Waals surface area contributed by atoms with E-state index in [0.29, 0.717) is 10.1 Å². The molecule has 1 aromatic heterocycles. The van der Waals surface area contributed by atoms with Crippen molar-refractivity contribution in [3.63, 3.8) is 0 Å². The molecule has 0 fully saturated rings. The van der Waals surface area contributed by atoms with E-state index in [2.05, 4.69) is 10.2 Å². The van der Waals surface area contributed by atoms with E-state index < -0.39 is 5.97 Å². The average Bonchev–Trinajstić information content (AvgIpc) is 2.60. The van der Waals surface area contributed by atoms with E-state index in [4.69, 9.17) is 16.7 Å². The van der Waals surface area contributed by atoms with Gasteiger partial charge in [0.1, 0.15) is 0 Å². The van der Waals surface area contributed by atoms with Crippen molar-refractivity contribution < 1.29 is 9.90 Å². The molecule has 0 atom stereocenters. The number of benzene rings is 1. The van der Waals surface area contributed by atoms with Crippen LogP contribution >= 0.6 is 23.4 Å².